The van der Waals surface area contributed by atoms with E-state index in [1.165, 1.54) is 12.3 Å². The Kier molecular flexibility index (Phi) is 4.45. The van der Waals surface area contributed by atoms with Crippen molar-refractivity contribution in [3.63, 3.8) is 0 Å². The number of rotatable bonds is 5. The van der Waals surface area contributed by atoms with Crippen molar-refractivity contribution >= 4 is 31.9 Å². The Morgan fingerprint density at radius 1 is 1.48 bits per heavy atom. The number of benzene rings is 1. The van der Waals surface area contributed by atoms with Gasteiger partial charge in [-0.15, -0.1) is 0 Å². The van der Waals surface area contributed by atoms with E-state index in [0.29, 0.717) is 15.7 Å². The highest BCUT2D eigenvalue weighted by molar-refractivity contribution is 9.10. The number of hydrogen-bond acceptors (Lipinski definition) is 4. The number of aromatic amines is 1. The molecule has 2 aromatic rings. The van der Waals surface area contributed by atoms with Gasteiger partial charge in [-0.1, -0.05) is 15.9 Å². The van der Waals surface area contributed by atoms with Gasteiger partial charge >= 0.3 is 5.97 Å². The van der Waals surface area contributed by atoms with Crippen LogP contribution in [0.3, 0.4) is 0 Å². The van der Waals surface area contributed by atoms with Crippen molar-refractivity contribution in [1.82, 2.24) is 14.9 Å². The molecule has 0 bridgehead atoms. The summed E-state index contributed by atoms with van der Waals surface area (Å²) in [4.78, 5) is 11.0. The molecule has 2 rings (SSSR count). The van der Waals surface area contributed by atoms with Gasteiger partial charge in [0.05, 0.1) is 22.7 Å². The highest BCUT2D eigenvalue weighted by Gasteiger charge is 2.21. The summed E-state index contributed by atoms with van der Waals surface area (Å²) >= 11 is 3.18. The molecule has 0 fully saturated rings. The number of sulfonamides is 1. The fraction of sp³-hybridized carbons (Fsp3) is 0.167. The molecule has 0 aliphatic carbocycles. The van der Waals surface area contributed by atoms with Crippen LogP contribution in [0.4, 0.5) is 0 Å². The Bertz CT molecular complexity index is 772. The van der Waals surface area contributed by atoms with Crippen LogP contribution in [0.2, 0.25) is 0 Å². The second-order valence-electron chi connectivity index (χ2n) is 4.29. The predicted molar refractivity (Wildman–Crippen MR) is 78.5 cm³/mol. The Morgan fingerprint density at radius 3 is 2.76 bits per heavy atom. The number of nitrogens with zero attached hydrogens (tertiary/aromatic N) is 1. The Balaban J connectivity index is 2.37. The second kappa shape index (κ2) is 5.96. The van der Waals surface area contributed by atoms with Gasteiger partial charge in [0.25, 0.3) is 0 Å². The molecule has 0 saturated carbocycles. The average molecular weight is 374 g/mol. The molecule has 1 aromatic heterocycles. The molecule has 0 amide bonds. The minimum Gasteiger partial charge on any atom is -0.478 e. The number of carboxylic acid groups (broad SMARTS) is 1. The first-order valence-electron chi connectivity index (χ1n) is 5.82. The van der Waals surface area contributed by atoms with Crippen LogP contribution in [0.15, 0.2) is 33.8 Å². The van der Waals surface area contributed by atoms with Crippen LogP contribution >= 0.6 is 15.9 Å². The van der Waals surface area contributed by atoms with Crippen LogP contribution < -0.4 is 4.72 Å². The van der Waals surface area contributed by atoms with Crippen molar-refractivity contribution in [3.8, 4) is 0 Å². The fourth-order valence-electron chi connectivity index (χ4n) is 1.69. The maximum absolute atomic E-state index is 12.3. The first-order chi connectivity index (χ1) is 9.81. The summed E-state index contributed by atoms with van der Waals surface area (Å²) in [6, 6.07) is 4.14. The molecule has 1 aromatic carbocycles. The van der Waals surface area contributed by atoms with E-state index in [4.69, 9.17) is 5.11 Å². The molecule has 0 spiro atoms. The maximum atomic E-state index is 12.3. The summed E-state index contributed by atoms with van der Waals surface area (Å²) in [5.41, 5.74) is 0.941. The molecule has 3 N–H and O–H groups in total. The minimum absolute atomic E-state index is 0.0384. The summed E-state index contributed by atoms with van der Waals surface area (Å²) in [7, 11) is -3.84. The van der Waals surface area contributed by atoms with E-state index >= 15 is 0 Å². The van der Waals surface area contributed by atoms with Crippen molar-refractivity contribution in [2.24, 2.45) is 0 Å². The number of aromatic carboxylic acids is 1. The van der Waals surface area contributed by atoms with E-state index in [-0.39, 0.29) is 17.0 Å². The molecule has 0 aliphatic heterocycles. The van der Waals surface area contributed by atoms with Gasteiger partial charge in [0, 0.05) is 10.7 Å². The van der Waals surface area contributed by atoms with E-state index in [1.807, 2.05) is 0 Å². The highest BCUT2D eigenvalue weighted by atomic mass is 79.9. The smallest absolute Gasteiger partial charge is 0.335 e. The predicted octanol–water partition coefficient (Wildman–Crippen LogP) is 1.66. The number of aromatic nitrogens is 2. The Labute approximate surface area is 129 Å². The lowest BCUT2D eigenvalue weighted by atomic mass is 10.1. The van der Waals surface area contributed by atoms with E-state index in [9.17, 15) is 13.2 Å². The summed E-state index contributed by atoms with van der Waals surface area (Å²) in [6.45, 7) is 1.64. The van der Waals surface area contributed by atoms with E-state index in [0.717, 1.165) is 6.07 Å². The van der Waals surface area contributed by atoms with E-state index in [2.05, 4.69) is 30.8 Å². The number of nitrogens with one attached hydrogen (secondary N) is 2. The average Bonchev–Trinajstić information content (AvgIpc) is 2.92. The standard InChI is InChI=1S/C12H12BrN3O4S/c1-7-10(13)4-8(12(17)18)5-11(7)21(19,20)15-6-9-2-3-14-16-9/h2-5,15H,6H2,1H3,(H,14,16)(H,17,18). The van der Waals surface area contributed by atoms with Gasteiger partial charge in [-0.25, -0.2) is 17.9 Å². The molecule has 0 atom stereocenters. The van der Waals surface area contributed by atoms with Crippen LogP contribution in [-0.2, 0) is 16.6 Å². The van der Waals surface area contributed by atoms with Gasteiger partial charge < -0.3 is 5.11 Å². The summed E-state index contributed by atoms with van der Waals surface area (Å²) in [6.07, 6.45) is 1.51. The molecular formula is C12H12BrN3O4S. The van der Waals surface area contributed by atoms with Gasteiger partial charge in [-0.2, -0.15) is 5.10 Å². The van der Waals surface area contributed by atoms with Gasteiger partial charge in [0.2, 0.25) is 10.0 Å². The van der Waals surface area contributed by atoms with Crippen LogP contribution in [0, 0.1) is 6.92 Å². The topological polar surface area (TPSA) is 112 Å². The molecule has 112 valence electrons. The van der Waals surface area contributed by atoms with Gasteiger partial charge in [-0.3, -0.25) is 5.10 Å². The van der Waals surface area contributed by atoms with E-state index in [1.54, 1.807) is 13.0 Å². The molecule has 7 nitrogen and oxygen atoms in total. The molecule has 0 unspecified atom stereocenters. The normalized spacial score (nSPS) is 11.5. The first-order valence-corrected chi connectivity index (χ1v) is 8.10. The zero-order valence-electron chi connectivity index (χ0n) is 10.9. The Morgan fingerprint density at radius 2 is 2.19 bits per heavy atom. The second-order valence-corrected chi connectivity index (χ2v) is 6.88. The zero-order chi connectivity index (χ0) is 15.6. The molecule has 0 saturated heterocycles. The number of halogens is 1. The van der Waals surface area contributed by atoms with Crippen LogP contribution in [0.1, 0.15) is 21.6 Å². The first kappa shape index (κ1) is 15.7. The van der Waals surface area contributed by atoms with Gasteiger partial charge in [0.15, 0.2) is 0 Å². The van der Waals surface area contributed by atoms with Gasteiger partial charge in [0.1, 0.15) is 0 Å². The van der Waals surface area contributed by atoms with Crippen molar-refractivity contribution in [3.05, 3.63) is 45.7 Å². The summed E-state index contributed by atoms with van der Waals surface area (Å²) in [5.74, 6) is -1.19. The minimum atomic E-state index is -3.84. The van der Waals surface area contributed by atoms with Crippen molar-refractivity contribution in [1.29, 1.82) is 0 Å². The largest absolute Gasteiger partial charge is 0.478 e. The lowest BCUT2D eigenvalue weighted by Crippen LogP contribution is -2.24. The highest BCUT2D eigenvalue weighted by Crippen LogP contribution is 2.26. The van der Waals surface area contributed by atoms with Crippen molar-refractivity contribution < 1.29 is 18.3 Å². The molecule has 0 aliphatic rings. The monoisotopic (exact) mass is 373 g/mol. The number of hydrogen-bond donors (Lipinski definition) is 3. The third-order valence-electron chi connectivity index (χ3n) is 2.84. The van der Waals surface area contributed by atoms with Crippen LogP contribution in [0.25, 0.3) is 0 Å². The molecule has 9 heteroatoms. The Hall–Kier alpha value is -1.71. The van der Waals surface area contributed by atoms with Gasteiger partial charge in [-0.05, 0) is 30.7 Å². The van der Waals surface area contributed by atoms with Crippen molar-refractivity contribution in [2.75, 3.05) is 0 Å². The zero-order valence-corrected chi connectivity index (χ0v) is 13.3. The molecule has 21 heavy (non-hydrogen) atoms. The number of H-pyrrole nitrogens is 1. The maximum Gasteiger partial charge on any atom is 0.335 e. The quantitative estimate of drug-likeness (QED) is 0.737. The van der Waals surface area contributed by atoms with Crippen LogP contribution in [0.5, 0.6) is 0 Å². The van der Waals surface area contributed by atoms with Crippen LogP contribution in [-0.4, -0.2) is 29.7 Å². The van der Waals surface area contributed by atoms with Crippen molar-refractivity contribution in [2.45, 2.75) is 18.4 Å². The number of carbonyl (C=O) groups is 1. The summed E-state index contributed by atoms with van der Waals surface area (Å²) < 4.78 is 27.5. The fourth-order valence-corrected chi connectivity index (χ4v) is 3.58. The SMILES string of the molecule is Cc1c(Br)cc(C(=O)O)cc1S(=O)(=O)NCc1ccn[nH]1. The summed E-state index contributed by atoms with van der Waals surface area (Å²) in [5, 5.41) is 15.4. The number of carboxylic acids is 1. The lowest BCUT2D eigenvalue weighted by Gasteiger charge is -2.11. The third kappa shape index (κ3) is 3.49. The molecular weight excluding hydrogens is 362 g/mol. The lowest BCUT2D eigenvalue weighted by molar-refractivity contribution is 0.0696. The van der Waals surface area contributed by atoms with E-state index < -0.39 is 16.0 Å². The molecule has 1 heterocycles. The molecule has 0 radical (unpaired) electrons. The third-order valence-corrected chi connectivity index (χ3v) is 5.20.